The van der Waals surface area contributed by atoms with Crippen LogP contribution in [0.3, 0.4) is 0 Å². The molecule has 0 spiro atoms. The van der Waals surface area contributed by atoms with E-state index in [0.717, 1.165) is 37.0 Å². The fourth-order valence-corrected chi connectivity index (χ4v) is 3.18. The number of carbonyl (C=O) groups is 3. The lowest BCUT2D eigenvalue weighted by Gasteiger charge is -2.22. The summed E-state index contributed by atoms with van der Waals surface area (Å²) in [5, 5.41) is 5.35. The number of aryl methyl sites for hydroxylation is 1. The summed E-state index contributed by atoms with van der Waals surface area (Å²) in [6.45, 7) is 4.49. The second-order valence-electron chi connectivity index (χ2n) is 8.08. The number of hydrogen-bond acceptors (Lipinski definition) is 4. The van der Waals surface area contributed by atoms with Gasteiger partial charge in [0.05, 0.1) is 13.2 Å². The number of rotatable bonds is 11. The van der Waals surface area contributed by atoms with Gasteiger partial charge in [0.2, 0.25) is 11.8 Å². The third kappa shape index (κ3) is 7.11. The lowest BCUT2D eigenvalue weighted by molar-refractivity contribution is -0.124. The Labute approximate surface area is 189 Å². The van der Waals surface area contributed by atoms with E-state index in [1.165, 1.54) is 0 Å². The summed E-state index contributed by atoms with van der Waals surface area (Å²) in [6.07, 6.45) is 3.80. The van der Waals surface area contributed by atoms with Crippen molar-refractivity contribution in [2.75, 3.05) is 25.0 Å². The van der Waals surface area contributed by atoms with Gasteiger partial charge in [-0.25, -0.2) is 0 Å². The number of amides is 3. The van der Waals surface area contributed by atoms with Gasteiger partial charge in [0.1, 0.15) is 12.3 Å². The fourth-order valence-electron chi connectivity index (χ4n) is 3.18. The zero-order valence-electron chi connectivity index (χ0n) is 18.7. The monoisotopic (exact) mass is 437 g/mol. The SMILES string of the molecule is CCCCOc1ccc(C(=O)N(CC(=O)NCC(=O)Nc2ccc(C)cc2)C2CC2)cc1. The van der Waals surface area contributed by atoms with Gasteiger partial charge in [-0.05, 0) is 62.6 Å². The first-order valence-electron chi connectivity index (χ1n) is 11.1. The summed E-state index contributed by atoms with van der Waals surface area (Å²) in [5.74, 6) is -0.133. The molecule has 7 heteroatoms. The van der Waals surface area contributed by atoms with Crippen LogP contribution in [0.1, 0.15) is 48.5 Å². The van der Waals surface area contributed by atoms with Crippen LogP contribution in [0.5, 0.6) is 5.75 Å². The summed E-state index contributed by atoms with van der Waals surface area (Å²) in [7, 11) is 0. The molecule has 2 aromatic carbocycles. The van der Waals surface area contributed by atoms with E-state index in [4.69, 9.17) is 4.74 Å². The minimum absolute atomic E-state index is 0.0649. The summed E-state index contributed by atoms with van der Waals surface area (Å²) in [5.41, 5.74) is 2.29. The highest BCUT2D eigenvalue weighted by molar-refractivity contribution is 5.98. The van der Waals surface area contributed by atoms with Crippen LogP contribution < -0.4 is 15.4 Å². The van der Waals surface area contributed by atoms with Crippen molar-refractivity contribution in [1.82, 2.24) is 10.2 Å². The standard InChI is InChI=1S/C25H31N3O4/c1-3-4-15-32-22-13-7-19(8-14-22)25(31)28(21-11-12-21)17-24(30)26-16-23(29)27-20-9-5-18(2)6-10-20/h5-10,13-14,21H,3-4,11-12,15-17H2,1-2H3,(H,26,30)(H,27,29). The molecule has 0 aromatic heterocycles. The molecule has 2 aromatic rings. The van der Waals surface area contributed by atoms with E-state index in [9.17, 15) is 14.4 Å². The van der Waals surface area contributed by atoms with Gasteiger partial charge in [0, 0.05) is 17.3 Å². The van der Waals surface area contributed by atoms with Gasteiger partial charge in [-0.1, -0.05) is 31.0 Å². The van der Waals surface area contributed by atoms with E-state index in [2.05, 4.69) is 17.6 Å². The smallest absolute Gasteiger partial charge is 0.254 e. The van der Waals surface area contributed by atoms with Gasteiger partial charge in [-0.2, -0.15) is 0 Å². The number of ether oxygens (including phenoxy) is 1. The molecule has 0 atom stereocenters. The largest absolute Gasteiger partial charge is 0.494 e. The highest BCUT2D eigenvalue weighted by Crippen LogP contribution is 2.28. The first-order chi connectivity index (χ1) is 15.5. The van der Waals surface area contributed by atoms with Crippen LogP contribution in [0.4, 0.5) is 5.69 Å². The molecular formula is C25H31N3O4. The van der Waals surface area contributed by atoms with E-state index in [1.807, 2.05) is 31.2 Å². The molecule has 1 fully saturated rings. The Kier molecular flexibility index (Phi) is 8.25. The predicted molar refractivity (Wildman–Crippen MR) is 124 cm³/mol. The average Bonchev–Trinajstić information content (AvgIpc) is 3.63. The van der Waals surface area contributed by atoms with Gasteiger partial charge in [-0.3, -0.25) is 14.4 Å². The molecule has 0 radical (unpaired) electrons. The Morgan fingerprint density at radius 1 is 1.00 bits per heavy atom. The van der Waals surface area contributed by atoms with Crippen molar-refractivity contribution in [2.45, 2.75) is 45.6 Å². The zero-order valence-corrected chi connectivity index (χ0v) is 18.7. The summed E-state index contributed by atoms with van der Waals surface area (Å²) >= 11 is 0. The van der Waals surface area contributed by atoms with Crippen LogP contribution in [0.15, 0.2) is 48.5 Å². The molecular weight excluding hydrogens is 406 g/mol. The van der Waals surface area contributed by atoms with Gasteiger partial charge >= 0.3 is 0 Å². The van der Waals surface area contributed by atoms with E-state index in [-0.39, 0.29) is 36.9 Å². The zero-order chi connectivity index (χ0) is 22.9. The third-order valence-electron chi connectivity index (χ3n) is 5.21. The van der Waals surface area contributed by atoms with E-state index in [1.54, 1.807) is 29.2 Å². The third-order valence-corrected chi connectivity index (χ3v) is 5.21. The molecule has 0 aliphatic heterocycles. The molecule has 1 aliphatic carbocycles. The minimum atomic E-state index is -0.358. The number of hydrogen-bond donors (Lipinski definition) is 2. The fraction of sp³-hybridized carbons (Fsp3) is 0.400. The minimum Gasteiger partial charge on any atom is -0.494 e. The van der Waals surface area contributed by atoms with Crippen LogP contribution in [0.25, 0.3) is 0 Å². The molecule has 3 amide bonds. The maximum absolute atomic E-state index is 13.0. The maximum atomic E-state index is 13.0. The second kappa shape index (κ2) is 11.3. The Morgan fingerprint density at radius 3 is 2.31 bits per heavy atom. The second-order valence-corrected chi connectivity index (χ2v) is 8.08. The summed E-state index contributed by atoms with van der Waals surface area (Å²) in [6, 6.07) is 14.5. The average molecular weight is 438 g/mol. The molecule has 0 saturated heterocycles. The number of anilines is 1. The summed E-state index contributed by atoms with van der Waals surface area (Å²) in [4.78, 5) is 39.1. The van der Waals surface area contributed by atoms with Gasteiger partial charge < -0.3 is 20.3 Å². The molecule has 32 heavy (non-hydrogen) atoms. The van der Waals surface area contributed by atoms with Crippen LogP contribution in [0, 0.1) is 6.92 Å². The first kappa shape index (κ1) is 23.3. The van der Waals surface area contributed by atoms with Crippen LogP contribution >= 0.6 is 0 Å². The highest BCUT2D eigenvalue weighted by atomic mass is 16.5. The molecule has 0 unspecified atom stereocenters. The van der Waals surface area contributed by atoms with Crippen molar-refractivity contribution in [1.29, 1.82) is 0 Å². The Hall–Kier alpha value is -3.35. The highest BCUT2D eigenvalue weighted by Gasteiger charge is 2.34. The maximum Gasteiger partial charge on any atom is 0.254 e. The number of nitrogens with zero attached hydrogens (tertiary/aromatic N) is 1. The topological polar surface area (TPSA) is 87.7 Å². The van der Waals surface area contributed by atoms with Crippen molar-refractivity contribution < 1.29 is 19.1 Å². The van der Waals surface area contributed by atoms with Crippen molar-refractivity contribution in [3.05, 3.63) is 59.7 Å². The van der Waals surface area contributed by atoms with Crippen LogP contribution in [-0.4, -0.2) is 48.4 Å². The number of unbranched alkanes of at least 4 members (excludes halogenated alkanes) is 1. The lowest BCUT2D eigenvalue weighted by Crippen LogP contribution is -2.43. The van der Waals surface area contributed by atoms with E-state index < -0.39 is 0 Å². The molecule has 2 N–H and O–H groups in total. The van der Waals surface area contributed by atoms with Gasteiger partial charge in [0.15, 0.2) is 0 Å². The number of benzene rings is 2. The predicted octanol–water partition coefficient (Wildman–Crippen LogP) is 3.53. The molecule has 7 nitrogen and oxygen atoms in total. The van der Waals surface area contributed by atoms with Crippen molar-refractivity contribution in [2.24, 2.45) is 0 Å². The van der Waals surface area contributed by atoms with Crippen LogP contribution in [0.2, 0.25) is 0 Å². The number of nitrogens with one attached hydrogen (secondary N) is 2. The Balaban J connectivity index is 1.49. The molecule has 1 aliphatic rings. The van der Waals surface area contributed by atoms with E-state index in [0.29, 0.717) is 17.9 Å². The Morgan fingerprint density at radius 2 is 1.69 bits per heavy atom. The quantitative estimate of drug-likeness (QED) is 0.527. The molecule has 3 rings (SSSR count). The number of carbonyl (C=O) groups excluding carboxylic acids is 3. The lowest BCUT2D eigenvalue weighted by atomic mass is 10.2. The van der Waals surface area contributed by atoms with Crippen molar-refractivity contribution >= 4 is 23.4 Å². The van der Waals surface area contributed by atoms with Gasteiger partial charge in [-0.15, -0.1) is 0 Å². The Bertz CT molecular complexity index is 921. The molecule has 0 bridgehead atoms. The first-order valence-corrected chi connectivity index (χ1v) is 11.1. The van der Waals surface area contributed by atoms with Crippen LogP contribution in [-0.2, 0) is 9.59 Å². The van der Waals surface area contributed by atoms with Crippen molar-refractivity contribution in [3.63, 3.8) is 0 Å². The molecule has 0 heterocycles. The molecule has 170 valence electrons. The van der Waals surface area contributed by atoms with Gasteiger partial charge in [0.25, 0.3) is 5.91 Å². The molecule has 1 saturated carbocycles. The van der Waals surface area contributed by atoms with E-state index >= 15 is 0 Å². The normalized spacial score (nSPS) is 12.7. The summed E-state index contributed by atoms with van der Waals surface area (Å²) < 4.78 is 5.64. The van der Waals surface area contributed by atoms with Crippen molar-refractivity contribution in [3.8, 4) is 5.75 Å².